The Hall–Kier alpha value is -1.69. The van der Waals surface area contributed by atoms with Crippen molar-refractivity contribution in [1.82, 2.24) is 4.90 Å². The van der Waals surface area contributed by atoms with Crippen LogP contribution in [0.15, 0.2) is 29.2 Å². The lowest BCUT2D eigenvalue weighted by molar-refractivity contribution is -0.139. The van der Waals surface area contributed by atoms with E-state index in [9.17, 15) is 9.59 Å². The second-order valence-electron chi connectivity index (χ2n) is 6.43. The molecule has 23 heavy (non-hydrogen) atoms. The van der Waals surface area contributed by atoms with Crippen LogP contribution in [-0.2, 0) is 9.53 Å². The molecule has 1 aromatic carbocycles. The molecule has 1 aliphatic rings. The molecule has 0 radical (unpaired) electrons. The van der Waals surface area contributed by atoms with Gasteiger partial charge in [0.05, 0.1) is 0 Å². The highest BCUT2D eigenvalue weighted by atomic mass is 32.2. The lowest BCUT2D eigenvalue weighted by atomic mass is 10.2. The highest BCUT2D eigenvalue weighted by molar-refractivity contribution is 7.98. The molecule has 0 N–H and O–H groups in total. The summed E-state index contributed by atoms with van der Waals surface area (Å²) in [6.45, 7) is 5.94. The molecule has 1 saturated heterocycles. The van der Waals surface area contributed by atoms with Crippen LogP contribution in [0.2, 0.25) is 0 Å². The molecule has 1 fully saturated rings. The zero-order valence-electron chi connectivity index (χ0n) is 14.0. The summed E-state index contributed by atoms with van der Waals surface area (Å²) in [7, 11) is 0. The van der Waals surface area contributed by atoms with E-state index in [1.54, 1.807) is 23.9 Å². The Balaban J connectivity index is 2.00. The maximum Gasteiger partial charge on any atom is 0.411 e. The number of benzene rings is 1. The van der Waals surface area contributed by atoms with Gasteiger partial charge in [0, 0.05) is 11.4 Å². The number of hydrogen-bond donors (Lipinski definition) is 0. The first-order valence-electron chi connectivity index (χ1n) is 7.65. The number of carbonyl (C=O) groups is 2. The predicted molar refractivity (Wildman–Crippen MR) is 89.8 cm³/mol. The van der Waals surface area contributed by atoms with Crippen molar-refractivity contribution in [3.05, 3.63) is 24.3 Å². The van der Waals surface area contributed by atoms with Crippen LogP contribution in [0, 0.1) is 0 Å². The van der Waals surface area contributed by atoms with Crippen LogP contribution in [0.1, 0.15) is 33.6 Å². The van der Waals surface area contributed by atoms with Gasteiger partial charge in [-0.25, -0.2) is 9.59 Å². The molecule has 2 rings (SSSR count). The monoisotopic (exact) mass is 337 g/mol. The highest BCUT2D eigenvalue weighted by Gasteiger charge is 2.37. The number of esters is 1. The molecule has 0 aliphatic carbocycles. The zero-order valence-corrected chi connectivity index (χ0v) is 14.8. The first-order valence-corrected chi connectivity index (χ1v) is 8.88. The van der Waals surface area contributed by atoms with E-state index in [1.165, 1.54) is 4.90 Å². The molecule has 1 atom stereocenters. The summed E-state index contributed by atoms with van der Waals surface area (Å²) in [4.78, 5) is 27.1. The molecular formula is C17H23NO4S. The average Bonchev–Trinajstić information content (AvgIpc) is 2.96. The summed E-state index contributed by atoms with van der Waals surface area (Å²) in [5, 5.41) is 0. The molecule has 0 spiro atoms. The fraction of sp³-hybridized carbons (Fsp3) is 0.529. The summed E-state index contributed by atoms with van der Waals surface area (Å²) < 4.78 is 10.8. The Morgan fingerprint density at radius 1 is 1.22 bits per heavy atom. The fourth-order valence-corrected chi connectivity index (χ4v) is 2.79. The van der Waals surface area contributed by atoms with Gasteiger partial charge in [-0.15, -0.1) is 11.8 Å². The zero-order chi connectivity index (χ0) is 17.0. The van der Waals surface area contributed by atoms with Crippen LogP contribution in [0.5, 0.6) is 5.75 Å². The van der Waals surface area contributed by atoms with E-state index >= 15 is 0 Å². The molecule has 1 aromatic rings. The van der Waals surface area contributed by atoms with E-state index in [0.29, 0.717) is 18.7 Å². The number of amides is 1. The number of rotatable bonds is 3. The summed E-state index contributed by atoms with van der Waals surface area (Å²) in [6, 6.07) is 6.73. The van der Waals surface area contributed by atoms with Gasteiger partial charge in [0.25, 0.3) is 0 Å². The Bertz CT molecular complexity index is 565. The maximum absolute atomic E-state index is 12.4. The van der Waals surface area contributed by atoms with Crippen molar-refractivity contribution < 1.29 is 19.1 Å². The lowest BCUT2D eigenvalue weighted by Crippen LogP contribution is -2.44. The van der Waals surface area contributed by atoms with E-state index < -0.39 is 23.7 Å². The quantitative estimate of drug-likeness (QED) is 0.478. The van der Waals surface area contributed by atoms with Gasteiger partial charge in [0.2, 0.25) is 0 Å². The van der Waals surface area contributed by atoms with Crippen molar-refractivity contribution in [2.45, 2.75) is 50.2 Å². The molecule has 0 bridgehead atoms. The topological polar surface area (TPSA) is 55.8 Å². The Labute approximate surface area is 141 Å². The van der Waals surface area contributed by atoms with Crippen LogP contribution in [0.4, 0.5) is 4.79 Å². The summed E-state index contributed by atoms with van der Waals surface area (Å²) in [5.41, 5.74) is -0.582. The largest absolute Gasteiger partial charge is 0.444 e. The van der Waals surface area contributed by atoms with Gasteiger partial charge < -0.3 is 9.47 Å². The van der Waals surface area contributed by atoms with Crippen molar-refractivity contribution >= 4 is 23.8 Å². The SMILES string of the molecule is CSc1ccc(OC(=O)[C@@H]2CCCN2C(=O)OC(C)(C)C)cc1. The molecule has 0 unspecified atom stereocenters. The summed E-state index contributed by atoms with van der Waals surface area (Å²) >= 11 is 1.62. The standard InChI is InChI=1S/C17H23NO4S/c1-17(2,3)22-16(20)18-11-5-6-14(18)15(19)21-12-7-9-13(23-4)10-8-12/h7-10,14H,5-6,11H2,1-4H3/t14-/m0/s1. The van der Waals surface area contributed by atoms with Crippen LogP contribution in [-0.4, -0.2) is 41.4 Å². The van der Waals surface area contributed by atoms with E-state index in [0.717, 1.165) is 11.3 Å². The molecular weight excluding hydrogens is 314 g/mol. The van der Waals surface area contributed by atoms with E-state index in [1.807, 2.05) is 39.2 Å². The van der Waals surface area contributed by atoms with Crippen molar-refractivity contribution in [3.63, 3.8) is 0 Å². The van der Waals surface area contributed by atoms with Gasteiger partial charge >= 0.3 is 12.1 Å². The van der Waals surface area contributed by atoms with Gasteiger partial charge in [0.15, 0.2) is 0 Å². The lowest BCUT2D eigenvalue weighted by Gasteiger charge is -2.27. The third kappa shape index (κ3) is 4.89. The minimum atomic E-state index is -0.582. The van der Waals surface area contributed by atoms with Gasteiger partial charge in [-0.3, -0.25) is 4.90 Å². The number of thioether (sulfide) groups is 1. The molecule has 0 aromatic heterocycles. The van der Waals surface area contributed by atoms with Crippen molar-refractivity contribution in [1.29, 1.82) is 0 Å². The normalized spacial score (nSPS) is 17.9. The smallest absolute Gasteiger partial charge is 0.411 e. The van der Waals surface area contributed by atoms with Crippen LogP contribution in [0.3, 0.4) is 0 Å². The fourth-order valence-electron chi connectivity index (χ4n) is 2.38. The Morgan fingerprint density at radius 3 is 2.43 bits per heavy atom. The van der Waals surface area contributed by atoms with Crippen molar-refractivity contribution in [3.8, 4) is 5.75 Å². The first-order chi connectivity index (χ1) is 10.8. The second-order valence-corrected chi connectivity index (χ2v) is 7.31. The number of hydrogen-bond acceptors (Lipinski definition) is 5. The Kier molecular flexibility index (Phi) is 5.57. The number of likely N-dealkylation sites (tertiary alicyclic amines) is 1. The molecule has 1 heterocycles. The van der Waals surface area contributed by atoms with Gasteiger partial charge in [-0.1, -0.05) is 0 Å². The molecule has 0 saturated carbocycles. The molecule has 1 aliphatic heterocycles. The third-order valence-electron chi connectivity index (χ3n) is 3.43. The van der Waals surface area contributed by atoms with Gasteiger partial charge in [-0.2, -0.15) is 0 Å². The van der Waals surface area contributed by atoms with E-state index in [-0.39, 0.29) is 0 Å². The predicted octanol–water partition coefficient (Wildman–Crippen LogP) is 3.71. The second kappa shape index (κ2) is 7.25. The van der Waals surface area contributed by atoms with E-state index in [2.05, 4.69) is 0 Å². The summed E-state index contributed by atoms with van der Waals surface area (Å²) in [6.07, 6.45) is 2.89. The molecule has 6 heteroatoms. The van der Waals surface area contributed by atoms with Gasteiger partial charge in [-0.05, 0) is 64.1 Å². The van der Waals surface area contributed by atoms with E-state index in [4.69, 9.17) is 9.47 Å². The minimum absolute atomic E-state index is 0.412. The molecule has 5 nitrogen and oxygen atoms in total. The number of nitrogens with zero attached hydrogens (tertiary/aromatic N) is 1. The van der Waals surface area contributed by atoms with Gasteiger partial charge in [0.1, 0.15) is 17.4 Å². The minimum Gasteiger partial charge on any atom is -0.444 e. The number of ether oxygens (including phenoxy) is 2. The third-order valence-corrected chi connectivity index (χ3v) is 4.17. The number of carbonyl (C=O) groups excluding carboxylic acids is 2. The highest BCUT2D eigenvalue weighted by Crippen LogP contribution is 2.24. The van der Waals surface area contributed by atoms with Crippen LogP contribution in [0.25, 0.3) is 0 Å². The van der Waals surface area contributed by atoms with Crippen molar-refractivity contribution in [2.75, 3.05) is 12.8 Å². The van der Waals surface area contributed by atoms with Crippen LogP contribution < -0.4 is 4.74 Å². The summed E-state index contributed by atoms with van der Waals surface area (Å²) in [5.74, 6) is 0.0779. The van der Waals surface area contributed by atoms with Crippen molar-refractivity contribution in [2.24, 2.45) is 0 Å². The maximum atomic E-state index is 12.4. The van der Waals surface area contributed by atoms with Crippen LogP contribution >= 0.6 is 11.8 Å². The Morgan fingerprint density at radius 2 is 1.87 bits per heavy atom. The molecule has 126 valence electrons. The average molecular weight is 337 g/mol. The molecule has 1 amide bonds. The first kappa shape index (κ1) is 17.7.